The number of aryl methyl sites for hydroxylation is 1. The number of rotatable bonds is 5. The van der Waals surface area contributed by atoms with Crippen LogP contribution in [0.4, 0.5) is 0 Å². The summed E-state index contributed by atoms with van der Waals surface area (Å²) in [5.41, 5.74) is 0.549. The maximum atomic E-state index is 11.9. The van der Waals surface area contributed by atoms with Crippen molar-refractivity contribution in [3.8, 4) is 0 Å². The molecule has 0 fully saturated rings. The van der Waals surface area contributed by atoms with E-state index in [1.165, 1.54) is 4.68 Å². The Hall–Kier alpha value is -1.24. The fourth-order valence-corrected chi connectivity index (χ4v) is 2.83. The molecule has 0 radical (unpaired) electrons. The molecule has 90 valence electrons. The molecule has 0 aliphatic heterocycles. The van der Waals surface area contributed by atoms with Crippen molar-refractivity contribution in [3.05, 3.63) is 11.9 Å². The van der Waals surface area contributed by atoms with Crippen molar-refractivity contribution >= 4 is 16.8 Å². The van der Waals surface area contributed by atoms with Crippen molar-refractivity contribution in [3.63, 3.8) is 0 Å². The van der Waals surface area contributed by atoms with Crippen LogP contribution in [0.5, 0.6) is 0 Å². The molecule has 1 heterocycles. The lowest BCUT2D eigenvalue weighted by molar-refractivity contribution is -0.137. The Balaban J connectivity index is 2.73. The Morgan fingerprint density at radius 2 is 2.25 bits per heavy atom. The van der Waals surface area contributed by atoms with E-state index in [1.54, 1.807) is 27.1 Å². The van der Waals surface area contributed by atoms with E-state index >= 15 is 0 Å². The average molecular weight is 245 g/mol. The summed E-state index contributed by atoms with van der Waals surface area (Å²) in [5.74, 6) is -1.07. The van der Waals surface area contributed by atoms with Crippen molar-refractivity contribution in [2.24, 2.45) is 13.0 Å². The summed E-state index contributed by atoms with van der Waals surface area (Å²) in [5, 5.41) is 15.6. The number of aliphatic carboxylic acids is 1. The molecule has 1 N–H and O–H groups in total. The molecule has 2 unspecified atom stereocenters. The van der Waals surface area contributed by atoms with Crippen molar-refractivity contribution in [2.45, 2.75) is 24.9 Å². The highest BCUT2D eigenvalue weighted by Gasteiger charge is 2.28. The van der Waals surface area contributed by atoms with Crippen LogP contribution in [0.2, 0.25) is 0 Å². The molecule has 7 heteroatoms. The molecular formula is C9H15N3O3S. The molecule has 1 rings (SSSR count). The first-order chi connectivity index (χ1) is 7.41. The highest BCUT2D eigenvalue weighted by molar-refractivity contribution is 7.85. The first kappa shape index (κ1) is 12.8. The van der Waals surface area contributed by atoms with E-state index in [9.17, 15) is 9.00 Å². The topological polar surface area (TPSA) is 85.1 Å². The number of hydrogen-bond donors (Lipinski definition) is 1. The number of carbonyl (C=O) groups is 1. The van der Waals surface area contributed by atoms with Crippen LogP contribution in [0.1, 0.15) is 19.5 Å². The normalized spacial score (nSPS) is 15.0. The van der Waals surface area contributed by atoms with Crippen LogP contribution in [-0.4, -0.2) is 35.5 Å². The molecule has 16 heavy (non-hydrogen) atoms. The maximum Gasteiger partial charge on any atom is 0.319 e. The zero-order valence-electron chi connectivity index (χ0n) is 9.45. The van der Waals surface area contributed by atoms with Gasteiger partial charge in [0.25, 0.3) is 0 Å². The summed E-state index contributed by atoms with van der Waals surface area (Å²) in [6.45, 7) is 3.49. The zero-order valence-corrected chi connectivity index (χ0v) is 10.3. The second-order valence-corrected chi connectivity index (χ2v) is 5.47. The number of carboxylic acids is 1. The van der Waals surface area contributed by atoms with Gasteiger partial charge in [-0.1, -0.05) is 19.1 Å². The van der Waals surface area contributed by atoms with Crippen molar-refractivity contribution < 1.29 is 14.1 Å². The molecular weight excluding hydrogens is 230 g/mol. The third-order valence-corrected chi connectivity index (χ3v) is 3.97. The predicted octanol–water partition coefficient (Wildman–Crippen LogP) is 0.173. The van der Waals surface area contributed by atoms with Gasteiger partial charge in [-0.3, -0.25) is 13.7 Å². The number of nitrogens with zero attached hydrogens (tertiary/aromatic N) is 3. The average Bonchev–Trinajstić information content (AvgIpc) is 2.49. The molecule has 2 atom stereocenters. The zero-order chi connectivity index (χ0) is 12.3. The fraction of sp³-hybridized carbons (Fsp3) is 0.667. The molecule has 0 amide bonds. The van der Waals surface area contributed by atoms with Gasteiger partial charge < -0.3 is 5.11 Å². The first-order valence-electron chi connectivity index (χ1n) is 4.87. The van der Waals surface area contributed by atoms with Gasteiger partial charge in [0.15, 0.2) is 0 Å². The Morgan fingerprint density at radius 3 is 2.62 bits per heavy atom. The summed E-state index contributed by atoms with van der Waals surface area (Å²) in [7, 11) is 0.234. The second kappa shape index (κ2) is 5.20. The quantitative estimate of drug-likeness (QED) is 0.799. The van der Waals surface area contributed by atoms with Gasteiger partial charge in [0, 0.05) is 24.0 Å². The van der Waals surface area contributed by atoms with Crippen LogP contribution in [0.15, 0.2) is 6.20 Å². The molecule has 0 aliphatic carbocycles. The smallest absolute Gasteiger partial charge is 0.319 e. The van der Waals surface area contributed by atoms with Gasteiger partial charge in [0.2, 0.25) is 0 Å². The monoisotopic (exact) mass is 245 g/mol. The Bertz CT molecular complexity index is 402. The van der Waals surface area contributed by atoms with Crippen LogP contribution in [0, 0.1) is 5.92 Å². The fourth-order valence-electron chi connectivity index (χ4n) is 1.40. The van der Waals surface area contributed by atoms with Gasteiger partial charge in [0.05, 0.1) is 11.4 Å². The molecule has 0 saturated carbocycles. The Morgan fingerprint density at radius 1 is 1.62 bits per heavy atom. The van der Waals surface area contributed by atoms with E-state index in [2.05, 4.69) is 10.3 Å². The van der Waals surface area contributed by atoms with Gasteiger partial charge in [-0.2, -0.15) is 0 Å². The number of carboxylic acid groups (broad SMARTS) is 1. The molecule has 0 bridgehead atoms. The van der Waals surface area contributed by atoms with Gasteiger partial charge in [-0.05, 0) is 5.92 Å². The van der Waals surface area contributed by atoms with Gasteiger partial charge in [-0.25, -0.2) is 0 Å². The van der Waals surface area contributed by atoms with Gasteiger partial charge in [0.1, 0.15) is 5.25 Å². The summed E-state index contributed by atoms with van der Waals surface area (Å²) in [6.07, 6.45) is 1.64. The van der Waals surface area contributed by atoms with Gasteiger partial charge >= 0.3 is 5.97 Å². The van der Waals surface area contributed by atoms with Crippen LogP contribution >= 0.6 is 0 Å². The largest absolute Gasteiger partial charge is 0.480 e. The Kier molecular flexibility index (Phi) is 4.17. The SMILES string of the molecule is CC(C)C(C(=O)O)S(=O)Cc1cn(C)nn1. The van der Waals surface area contributed by atoms with E-state index < -0.39 is 22.0 Å². The standard InChI is InChI=1S/C9H15N3O3S/c1-6(2)8(9(13)14)16(15)5-7-4-12(3)11-10-7/h4,6,8H,5H2,1-3H3,(H,13,14). The van der Waals surface area contributed by atoms with Crippen LogP contribution in [0.25, 0.3) is 0 Å². The lowest BCUT2D eigenvalue weighted by Gasteiger charge is -2.14. The summed E-state index contributed by atoms with van der Waals surface area (Å²) < 4.78 is 13.4. The van der Waals surface area contributed by atoms with Gasteiger partial charge in [-0.15, -0.1) is 5.10 Å². The third kappa shape index (κ3) is 3.13. The lowest BCUT2D eigenvalue weighted by Crippen LogP contribution is -2.31. The molecule has 0 spiro atoms. The third-order valence-electron chi connectivity index (χ3n) is 2.07. The summed E-state index contributed by atoms with van der Waals surface area (Å²) >= 11 is 0. The maximum absolute atomic E-state index is 11.9. The van der Waals surface area contributed by atoms with E-state index in [0.29, 0.717) is 5.69 Å². The van der Waals surface area contributed by atoms with E-state index in [-0.39, 0.29) is 11.7 Å². The van der Waals surface area contributed by atoms with Crippen LogP contribution in [0.3, 0.4) is 0 Å². The van der Waals surface area contributed by atoms with E-state index in [0.717, 1.165) is 0 Å². The second-order valence-electron chi connectivity index (χ2n) is 3.91. The molecule has 0 saturated heterocycles. The van der Waals surface area contributed by atoms with Crippen molar-refractivity contribution in [1.29, 1.82) is 0 Å². The van der Waals surface area contributed by atoms with Crippen molar-refractivity contribution in [1.82, 2.24) is 15.0 Å². The summed E-state index contributed by atoms with van der Waals surface area (Å²) in [6, 6.07) is 0. The van der Waals surface area contributed by atoms with Crippen LogP contribution in [-0.2, 0) is 28.4 Å². The molecule has 0 aromatic carbocycles. The molecule has 6 nitrogen and oxygen atoms in total. The molecule has 1 aromatic rings. The predicted molar refractivity (Wildman–Crippen MR) is 59.1 cm³/mol. The highest BCUT2D eigenvalue weighted by Crippen LogP contribution is 2.13. The minimum Gasteiger partial charge on any atom is -0.480 e. The van der Waals surface area contributed by atoms with Crippen molar-refractivity contribution in [2.75, 3.05) is 0 Å². The van der Waals surface area contributed by atoms with Crippen LogP contribution < -0.4 is 0 Å². The molecule has 1 aromatic heterocycles. The molecule has 0 aliphatic rings. The Labute approximate surface area is 96.1 Å². The number of aromatic nitrogens is 3. The lowest BCUT2D eigenvalue weighted by atomic mass is 10.1. The summed E-state index contributed by atoms with van der Waals surface area (Å²) in [4.78, 5) is 10.9. The van der Waals surface area contributed by atoms with E-state index in [1.807, 2.05) is 0 Å². The number of hydrogen-bond acceptors (Lipinski definition) is 4. The highest BCUT2D eigenvalue weighted by atomic mass is 32.2. The minimum absolute atomic E-state index is 0.128. The first-order valence-corrected chi connectivity index (χ1v) is 6.25. The minimum atomic E-state index is -1.47. The van der Waals surface area contributed by atoms with E-state index in [4.69, 9.17) is 5.11 Å².